The highest BCUT2D eigenvalue weighted by Gasteiger charge is 2.32. The van der Waals surface area contributed by atoms with E-state index in [2.05, 4.69) is 62.1 Å². The van der Waals surface area contributed by atoms with Crippen LogP contribution in [0.2, 0.25) is 0 Å². The molecule has 3 aromatic rings. The first-order chi connectivity index (χ1) is 19.4. The molecule has 1 unspecified atom stereocenters. The standard InChI is InChI=1S/C20H23N5O2S.C12H24O/c1-13-6-5-7-15(22-13)16-12-28-19(23-16)24-17(26)10-21-18(27)14-8-9-25(11-14)20(2,3)4;1-4-12(8-9-13-10-12)7-5-6-11(2)3/h5-9,11-12H,10H2,1-4H3,(H,21,27)(H,23,24,26);11H,4-10H2,1-3H3. The molecule has 9 heteroatoms. The van der Waals surface area contributed by atoms with Gasteiger partial charge in [0.2, 0.25) is 5.91 Å². The smallest absolute Gasteiger partial charge is 0.253 e. The fraction of sp³-hybridized carbons (Fsp3) is 0.562. The van der Waals surface area contributed by atoms with Crippen molar-refractivity contribution in [1.82, 2.24) is 19.9 Å². The van der Waals surface area contributed by atoms with Crippen molar-refractivity contribution in [3.05, 3.63) is 53.3 Å². The molecule has 0 spiro atoms. The summed E-state index contributed by atoms with van der Waals surface area (Å²) in [6.45, 7) is 16.9. The Morgan fingerprint density at radius 2 is 1.95 bits per heavy atom. The molecule has 1 atom stereocenters. The molecular formula is C32H47N5O3S. The van der Waals surface area contributed by atoms with Gasteiger partial charge in [0.05, 0.1) is 24.4 Å². The van der Waals surface area contributed by atoms with Crippen LogP contribution in [0.4, 0.5) is 5.13 Å². The van der Waals surface area contributed by atoms with Gasteiger partial charge in [-0.15, -0.1) is 11.3 Å². The van der Waals surface area contributed by atoms with Crippen molar-refractivity contribution in [2.45, 2.75) is 86.1 Å². The van der Waals surface area contributed by atoms with E-state index >= 15 is 0 Å². The van der Waals surface area contributed by atoms with E-state index in [1.807, 2.05) is 41.3 Å². The van der Waals surface area contributed by atoms with Gasteiger partial charge in [0.1, 0.15) is 5.69 Å². The molecule has 0 saturated carbocycles. The zero-order valence-electron chi connectivity index (χ0n) is 25.8. The molecule has 4 heterocycles. The Labute approximate surface area is 249 Å². The van der Waals surface area contributed by atoms with E-state index in [1.165, 1.54) is 43.4 Å². The van der Waals surface area contributed by atoms with E-state index in [1.54, 1.807) is 12.3 Å². The second-order valence-corrected chi connectivity index (χ2v) is 13.2. The molecule has 0 radical (unpaired) electrons. The number of hydrogen-bond donors (Lipinski definition) is 2. The Morgan fingerprint density at radius 1 is 1.17 bits per heavy atom. The van der Waals surface area contributed by atoms with Crippen molar-refractivity contribution in [2.75, 3.05) is 25.1 Å². The predicted octanol–water partition coefficient (Wildman–Crippen LogP) is 7.07. The topological polar surface area (TPSA) is 98.1 Å². The molecule has 2 N–H and O–H groups in total. The van der Waals surface area contributed by atoms with Crippen molar-refractivity contribution in [2.24, 2.45) is 11.3 Å². The van der Waals surface area contributed by atoms with Crippen molar-refractivity contribution >= 4 is 28.3 Å². The zero-order chi connectivity index (χ0) is 30.0. The minimum Gasteiger partial charge on any atom is -0.381 e. The number of ether oxygens (including phenoxy) is 1. The molecule has 0 aliphatic carbocycles. The quantitative estimate of drug-likeness (QED) is 0.267. The van der Waals surface area contributed by atoms with Crippen LogP contribution in [0.15, 0.2) is 42.0 Å². The summed E-state index contributed by atoms with van der Waals surface area (Å²) in [4.78, 5) is 33.2. The predicted molar refractivity (Wildman–Crippen MR) is 167 cm³/mol. The Bertz CT molecular complexity index is 1270. The van der Waals surface area contributed by atoms with Crippen LogP contribution in [0.3, 0.4) is 0 Å². The Balaban J connectivity index is 0.000000298. The number of carbonyl (C=O) groups excluding carboxylic acids is 2. The monoisotopic (exact) mass is 581 g/mol. The number of thiazole rings is 1. The van der Waals surface area contributed by atoms with Gasteiger partial charge in [0, 0.05) is 35.6 Å². The molecule has 1 aliphatic heterocycles. The summed E-state index contributed by atoms with van der Waals surface area (Å²) < 4.78 is 7.47. The minimum absolute atomic E-state index is 0.107. The molecule has 1 aliphatic rings. The first-order valence-corrected chi connectivity index (χ1v) is 15.5. The third-order valence-corrected chi connectivity index (χ3v) is 8.22. The molecule has 8 nitrogen and oxygen atoms in total. The maximum Gasteiger partial charge on any atom is 0.253 e. The van der Waals surface area contributed by atoms with Crippen LogP contribution in [0.1, 0.15) is 89.7 Å². The van der Waals surface area contributed by atoms with Crippen LogP contribution >= 0.6 is 11.3 Å². The fourth-order valence-corrected chi connectivity index (χ4v) is 5.42. The molecule has 41 heavy (non-hydrogen) atoms. The van der Waals surface area contributed by atoms with Gasteiger partial charge in [-0.1, -0.05) is 39.7 Å². The van der Waals surface area contributed by atoms with Crippen LogP contribution in [0.25, 0.3) is 11.4 Å². The lowest BCUT2D eigenvalue weighted by Crippen LogP contribution is -2.32. The molecule has 2 amide bonds. The molecule has 3 aromatic heterocycles. The number of rotatable bonds is 10. The largest absolute Gasteiger partial charge is 0.381 e. The molecular weight excluding hydrogens is 534 g/mol. The van der Waals surface area contributed by atoms with E-state index in [9.17, 15) is 9.59 Å². The van der Waals surface area contributed by atoms with Crippen LogP contribution in [0.5, 0.6) is 0 Å². The number of aryl methyl sites for hydroxylation is 1. The maximum absolute atomic E-state index is 12.2. The van der Waals surface area contributed by atoms with Gasteiger partial charge in [-0.3, -0.25) is 14.6 Å². The van der Waals surface area contributed by atoms with Gasteiger partial charge in [-0.05, 0) is 76.5 Å². The Kier molecular flexibility index (Phi) is 11.7. The van der Waals surface area contributed by atoms with E-state index < -0.39 is 0 Å². The van der Waals surface area contributed by atoms with Crippen LogP contribution < -0.4 is 10.6 Å². The number of nitrogens with one attached hydrogen (secondary N) is 2. The van der Waals surface area contributed by atoms with E-state index in [4.69, 9.17) is 4.74 Å². The number of nitrogens with zero attached hydrogens (tertiary/aromatic N) is 3. The summed E-state index contributed by atoms with van der Waals surface area (Å²) >= 11 is 1.32. The summed E-state index contributed by atoms with van der Waals surface area (Å²) in [5.41, 5.74) is 3.33. The normalized spacial score (nSPS) is 16.8. The highest BCUT2D eigenvalue weighted by Crippen LogP contribution is 2.37. The van der Waals surface area contributed by atoms with Crippen molar-refractivity contribution in [1.29, 1.82) is 0 Å². The van der Waals surface area contributed by atoms with Crippen molar-refractivity contribution in [3.63, 3.8) is 0 Å². The average molecular weight is 582 g/mol. The summed E-state index contributed by atoms with van der Waals surface area (Å²) in [7, 11) is 0. The number of aromatic nitrogens is 3. The molecule has 4 rings (SSSR count). The van der Waals surface area contributed by atoms with E-state index in [0.29, 0.717) is 21.8 Å². The number of amides is 2. The third kappa shape index (κ3) is 10.1. The second kappa shape index (κ2) is 14.7. The van der Waals surface area contributed by atoms with Crippen LogP contribution in [-0.2, 0) is 15.1 Å². The van der Waals surface area contributed by atoms with Gasteiger partial charge in [-0.25, -0.2) is 4.98 Å². The highest BCUT2D eigenvalue weighted by molar-refractivity contribution is 7.14. The average Bonchev–Trinajstić information content (AvgIpc) is 3.69. The van der Waals surface area contributed by atoms with Gasteiger partial charge < -0.3 is 19.9 Å². The number of hydrogen-bond acceptors (Lipinski definition) is 6. The lowest BCUT2D eigenvalue weighted by atomic mass is 9.79. The first kappa shape index (κ1) is 32.5. The van der Waals surface area contributed by atoms with Crippen molar-refractivity contribution < 1.29 is 14.3 Å². The van der Waals surface area contributed by atoms with Gasteiger partial charge >= 0.3 is 0 Å². The molecule has 1 saturated heterocycles. The molecule has 0 bridgehead atoms. The van der Waals surface area contributed by atoms with Gasteiger partial charge in [0.25, 0.3) is 5.91 Å². The summed E-state index contributed by atoms with van der Waals surface area (Å²) in [6.07, 6.45) is 10.4. The Morgan fingerprint density at radius 3 is 2.56 bits per heavy atom. The third-order valence-electron chi connectivity index (χ3n) is 7.46. The molecule has 1 fully saturated rings. The van der Waals surface area contributed by atoms with Crippen molar-refractivity contribution in [3.8, 4) is 11.4 Å². The lowest BCUT2D eigenvalue weighted by Gasteiger charge is -2.25. The molecule has 224 valence electrons. The first-order valence-electron chi connectivity index (χ1n) is 14.6. The number of carbonyl (C=O) groups is 2. The summed E-state index contributed by atoms with van der Waals surface area (Å²) in [6, 6.07) is 7.44. The van der Waals surface area contributed by atoms with E-state index in [-0.39, 0.29) is 23.9 Å². The SMILES string of the molecule is CCC1(CCCC(C)C)CCOC1.Cc1cccc(-c2csc(NC(=O)CNC(=O)c3ccn(C(C)(C)C)c3)n2)n1. The van der Waals surface area contributed by atoms with Gasteiger partial charge in [-0.2, -0.15) is 0 Å². The summed E-state index contributed by atoms with van der Waals surface area (Å²) in [5.74, 6) is 0.236. The lowest BCUT2D eigenvalue weighted by molar-refractivity contribution is -0.115. The Hall–Kier alpha value is -3.04. The minimum atomic E-state index is -0.332. The van der Waals surface area contributed by atoms with E-state index in [0.717, 1.165) is 30.5 Å². The molecule has 0 aromatic carbocycles. The zero-order valence-corrected chi connectivity index (χ0v) is 26.6. The summed E-state index contributed by atoms with van der Waals surface area (Å²) in [5, 5.41) is 7.64. The highest BCUT2D eigenvalue weighted by atomic mass is 32.1. The van der Waals surface area contributed by atoms with Crippen LogP contribution in [0, 0.1) is 18.3 Å². The van der Waals surface area contributed by atoms with Crippen LogP contribution in [-0.4, -0.2) is 46.1 Å². The van der Waals surface area contributed by atoms with Gasteiger partial charge in [0.15, 0.2) is 5.13 Å². The maximum atomic E-state index is 12.2. The fourth-order valence-electron chi connectivity index (χ4n) is 4.70. The number of pyridine rings is 1. The second-order valence-electron chi connectivity index (χ2n) is 12.4. The number of anilines is 1.